The van der Waals surface area contributed by atoms with Crippen LogP contribution in [-0.2, 0) is 10.3 Å². The van der Waals surface area contributed by atoms with Crippen molar-refractivity contribution in [2.24, 2.45) is 5.41 Å². The van der Waals surface area contributed by atoms with Crippen molar-refractivity contribution in [2.45, 2.75) is 40.2 Å². The SMILES string of the molecule is Cc1cnc(N2CCN(C(=O)c3ccc(C4(C(C)(C)C)NC(=O)NC4=O)nc3)CC2)c(C)c1. The van der Waals surface area contributed by atoms with Gasteiger partial charge in [0.05, 0.1) is 11.3 Å². The average molecular weight is 451 g/mol. The van der Waals surface area contributed by atoms with E-state index in [1.165, 1.54) is 6.20 Å². The van der Waals surface area contributed by atoms with Crippen LogP contribution in [0.15, 0.2) is 30.6 Å². The van der Waals surface area contributed by atoms with E-state index in [2.05, 4.69) is 38.5 Å². The number of carbonyl (C=O) groups excluding carboxylic acids is 3. The molecule has 2 aromatic rings. The van der Waals surface area contributed by atoms with E-state index in [4.69, 9.17) is 0 Å². The van der Waals surface area contributed by atoms with E-state index >= 15 is 0 Å². The molecule has 1 unspecified atom stereocenters. The summed E-state index contributed by atoms with van der Waals surface area (Å²) in [6.45, 7) is 12.2. The minimum Gasteiger partial charge on any atom is -0.353 e. The molecule has 2 aromatic heterocycles. The van der Waals surface area contributed by atoms with Crippen LogP contribution in [0, 0.1) is 19.3 Å². The number of urea groups is 1. The fraction of sp³-hybridized carbons (Fsp3) is 0.458. The lowest BCUT2D eigenvalue weighted by Gasteiger charge is -2.38. The molecule has 33 heavy (non-hydrogen) atoms. The van der Waals surface area contributed by atoms with Crippen molar-refractivity contribution in [1.29, 1.82) is 0 Å². The molecule has 0 aliphatic carbocycles. The van der Waals surface area contributed by atoms with E-state index < -0.39 is 22.9 Å². The molecule has 0 radical (unpaired) electrons. The Labute approximate surface area is 193 Å². The molecule has 2 aliphatic rings. The Balaban J connectivity index is 1.48. The third-order valence-corrected chi connectivity index (χ3v) is 6.44. The van der Waals surface area contributed by atoms with E-state index in [9.17, 15) is 14.4 Å². The highest BCUT2D eigenvalue weighted by molar-refractivity contribution is 6.07. The minimum absolute atomic E-state index is 0.105. The minimum atomic E-state index is -1.30. The third-order valence-electron chi connectivity index (χ3n) is 6.44. The fourth-order valence-corrected chi connectivity index (χ4v) is 4.63. The van der Waals surface area contributed by atoms with Crippen LogP contribution < -0.4 is 15.5 Å². The Morgan fingerprint density at radius 1 is 1.03 bits per heavy atom. The number of nitrogens with zero attached hydrogens (tertiary/aromatic N) is 4. The van der Waals surface area contributed by atoms with Crippen molar-refractivity contribution < 1.29 is 14.4 Å². The first kappa shape index (κ1) is 22.7. The van der Waals surface area contributed by atoms with Gasteiger partial charge in [0.1, 0.15) is 5.82 Å². The van der Waals surface area contributed by atoms with Crippen molar-refractivity contribution in [2.75, 3.05) is 31.1 Å². The highest BCUT2D eigenvalue weighted by Gasteiger charge is 2.56. The molecule has 1 atom stereocenters. The highest BCUT2D eigenvalue weighted by Crippen LogP contribution is 2.40. The maximum Gasteiger partial charge on any atom is 0.322 e. The van der Waals surface area contributed by atoms with Gasteiger partial charge in [0.25, 0.3) is 11.8 Å². The van der Waals surface area contributed by atoms with Gasteiger partial charge in [0.2, 0.25) is 0 Å². The Bertz CT molecular complexity index is 1100. The summed E-state index contributed by atoms with van der Waals surface area (Å²) in [6, 6.07) is 4.89. The molecule has 0 bridgehead atoms. The van der Waals surface area contributed by atoms with Crippen LogP contribution in [-0.4, -0.2) is 58.9 Å². The number of nitrogens with one attached hydrogen (secondary N) is 2. The maximum atomic E-state index is 13.1. The number of piperazine rings is 1. The molecule has 174 valence electrons. The molecule has 2 aliphatic heterocycles. The van der Waals surface area contributed by atoms with E-state index in [0.717, 1.165) is 16.9 Å². The van der Waals surface area contributed by atoms with Gasteiger partial charge in [-0.05, 0) is 37.1 Å². The van der Waals surface area contributed by atoms with Gasteiger partial charge in [-0.2, -0.15) is 0 Å². The number of carbonyl (C=O) groups is 3. The highest BCUT2D eigenvalue weighted by atomic mass is 16.2. The Morgan fingerprint density at radius 2 is 1.73 bits per heavy atom. The third kappa shape index (κ3) is 3.92. The summed E-state index contributed by atoms with van der Waals surface area (Å²) < 4.78 is 0. The first-order valence-electron chi connectivity index (χ1n) is 11.1. The monoisotopic (exact) mass is 450 g/mol. The molecule has 4 heterocycles. The number of hydrogen-bond donors (Lipinski definition) is 2. The predicted octanol–water partition coefficient (Wildman–Crippen LogP) is 2.14. The maximum absolute atomic E-state index is 13.1. The normalized spacial score (nSPS) is 21.1. The van der Waals surface area contributed by atoms with Gasteiger partial charge in [-0.25, -0.2) is 9.78 Å². The zero-order valence-corrected chi connectivity index (χ0v) is 19.7. The summed E-state index contributed by atoms with van der Waals surface area (Å²) >= 11 is 0. The van der Waals surface area contributed by atoms with Gasteiger partial charge in [-0.1, -0.05) is 26.8 Å². The van der Waals surface area contributed by atoms with E-state index in [1.54, 1.807) is 17.0 Å². The van der Waals surface area contributed by atoms with Crippen molar-refractivity contribution >= 4 is 23.7 Å². The number of imide groups is 1. The molecule has 9 nitrogen and oxygen atoms in total. The second kappa shape index (κ2) is 8.13. The number of hydrogen-bond acceptors (Lipinski definition) is 6. The van der Waals surface area contributed by atoms with Gasteiger partial charge in [-0.3, -0.25) is 19.9 Å². The standard InChI is InChI=1S/C24H30N6O3/c1-15-12-16(2)19(26-13-15)29-8-10-30(11-9-29)20(31)17-6-7-18(25-14-17)24(23(3,4)5)21(32)27-22(33)28-24/h6-7,12-14H,8-11H2,1-5H3,(H2,27,28,32,33). The van der Waals surface area contributed by atoms with Crippen LogP contribution >= 0.6 is 0 Å². The van der Waals surface area contributed by atoms with E-state index in [1.807, 2.05) is 33.9 Å². The molecule has 0 aromatic carbocycles. The number of pyridine rings is 2. The summed E-state index contributed by atoms with van der Waals surface area (Å²) in [5.74, 6) is 0.415. The summed E-state index contributed by atoms with van der Waals surface area (Å²) in [6.07, 6.45) is 3.35. The molecule has 2 saturated heterocycles. The summed E-state index contributed by atoms with van der Waals surface area (Å²) in [4.78, 5) is 50.7. The first-order chi connectivity index (χ1) is 15.5. The van der Waals surface area contributed by atoms with E-state index in [0.29, 0.717) is 37.4 Å². The Morgan fingerprint density at radius 3 is 2.24 bits per heavy atom. The topological polar surface area (TPSA) is 108 Å². The van der Waals surface area contributed by atoms with Crippen LogP contribution in [0.3, 0.4) is 0 Å². The largest absolute Gasteiger partial charge is 0.353 e. The Kier molecular flexibility index (Phi) is 5.59. The van der Waals surface area contributed by atoms with Gasteiger partial charge in [0, 0.05) is 44.0 Å². The van der Waals surface area contributed by atoms with Gasteiger partial charge in [0.15, 0.2) is 5.54 Å². The Hall–Kier alpha value is -3.49. The van der Waals surface area contributed by atoms with Crippen LogP contribution in [0.25, 0.3) is 0 Å². The van der Waals surface area contributed by atoms with Gasteiger partial charge < -0.3 is 15.1 Å². The van der Waals surface area contributed by atoms with Gasteiger partial charge in [-0.15, -0.1) is 0 Å². The lowest BCUT2D eigenvalue weighted by Crippen LogP contribution is -2.54. The number of aryl methyl sites for hydroxylation is 2. The second-order valence-corrected chi connectivity index (χ2v) is 9.77. The summed E-state index contributed by atoms with van der Waals surface area (Å²) in [5.41, 5.74) is 1.19. The lowest BCUT2D eigenvalue weighted by molar-refractivity contribution is -0.128. The van der Waals surface area contributed by atoms with Crippen LogP contribution in [0.1, 0.15) is 48.0 Å². The van der Waals surface area contributed by atoms with E-state index in [-0.39, 0.29) is 5.91 Å². The fourth-order valence-electron chi connectivity index (χ4n) is 4.63. The smallest absolute Gasteiger partial charge is 0.322 e. The molecule has 0 spiro atoms. The molecule has 2 N–H and O–H groups in total. The predicted molar refractivity (Wildman–Crippen MR) is 124 cm³/mol. The van der Waals surface area contributed by atoms with Gasteiger partial charge >= 0.3 is 6.03 Å². The lowest BCUT2D eigenvalue weighted by atomic mass is 9.71. The second-order valence-electron chi connectivity index (χ2n) is 9.77. The number of rotatable bonds is 3. The number of amides is 4. The first-order valence-corrected chi connectivity index (χ1v) is 11.1. The molecule has 4 rings (SSSR count). The average Bonchev–Trinajstić information content (AvgIpc) is 3.08. The quantitative estimate of drug-likeness (QED) is 0.694. The zero-order valence-electron chi connectivity index (χ0n) is 19.7. The summed E-state index contributed by atoms with van der Waals surface area (Å²) in [7, 11) is 0. The van der Waals surface area contributed by atoms with Crippen molar-refractivity contribution in [3.8, 4) is 0 Å². The number of aromatic nitrogens is 2. The van der Waals surface area contributed by atoms with Crippen LogP contribution in [0.5, 0.6) is 0 Å². The van der Waals surface area contributed by atoms with Crippen LogP contribution in [0.2, 0.25) is 0 Å². The molecule has 2 fully saturated rings. The summed E-state index contributed by atoms with van der Waals surface area (Å²) in [5, 5.41) is 5.06. The molecule has 9 heteroatoms. The zero-order chi connectivity index (χ0) is 24.0. The van der Waals surface area contributed by atoms with Crippen molar-refractivity contribution in [3.05, 3.63) is 53.0 Å². The van der Waals surface area contributed by atoms with Crippen molar-refractivity contribution in [3.63, 3.8) is 0 Å². The molecular weight excluding hydrogens is 420 g/mol. The molecule has 0 saturated carbocycles. The molecular formula is C24H30N6O3. The number of anilines is 1. The van der Waals surface area contributed by atoms with Crippen molar-refractivity contribution in [1.82, 2.24) is 25.5 Å². The van der Waals surface area contributed by atoms with Crippen LogP contribution in [0.4, 0.5) is 10.6 Å². The molecule has 4 amide bonds.